The Morgan fingerprint density at radius 1 is 1.04 bits per heavy atom. The van der Waals surface area contributed by atoms with Gasteiger partial charge in [-0.1, -0.05) is 12.6 Å². The molecule has 0 bridgehead atoms. The topological polar surface area (TPSA) is 166 Å². The van der Waals surface area contributed by atoms with Crippen molar-refractivity contribution < 1.29 is 28.9 Å². The van der Waals surface area contributed by atoms with Crippen molar-refractivity contribution in [1.82, 2.24) is 14.9 Å². The van der Waals surface area contributed by atoms with Gasteiger partial charge in [0.15, 0.2) is 6.23 Å². The standard InChI is InChI=1S/C32H28FN7O5/c1-3-27(39-18-26(29(34)42)30(43)40(32(39)44)24-11-9-21(33)10-12-24)20-7-13-25(14-8-20)45-28-15-16-35-31(38-28)37-23-6-4-5-22(17-23)36-19(2)41/h4-18,30,32,43-44H,1H2,2H3,(H2,34,42)(H,36,41)(H,35,37,38). The second-order valence-electron chi connectivity index (χ2n) is 9.72. The number of hydrogen-bond acceptors (Lipinski definition) is 10. The van der Waals surface area contributed by atoms with Crippen LogP contribution in [0, 0.1) is 5.82 Å². The molecule has 2 unspecified atom stereocenters. The Balaban J connectivity index is 1.35. The van der Waals surface area contributed by atoms with Crippen molar-refractivity contribution in [3.8, 4) is 11.6 Å². The number of halogens is 1. The molecule has 2 atom stereocenters. The van der Waals surface area contributed by atoms with Crippen LogP contribution in [0.2, 0.25) is 0 Å². The van der Waals surface area contributed by atoms with E-state index in [1.807, 2.05) is 0 Å². The summed E-state index contributed by atoms with van der Waals surface area (Å²) in [5.74, 6) is -0.676. The molecule has 0 aliphatic carbocycles. The van der Waals surface area contributed by atoms with E-state index in [1.165, 1.54) is 36.4 Å². The highest BCUT2D eigenvalue weighted by atomic mass is 19.1. The van der Waals surface area contributed by atoms with Crippen LogP contribution in [0.1, 0.15) is 12.5 Å². The number of nitrogens with two attached hydrogens (primary N) is 1. The molecule has 0 spiro atoms. The summed E-state index contributed by atoms with van der Waals surface area (Å²) in [6.07, 6.45) is -0.400. The van der Waals surface area contributed by atoms with E-state index in [0.717, 1.165) is 17.0 Å². The highest BCUT2D eigenvalue weighted by molar-refractivity contribution is 5.94. The van der Waals surface area contributed by atoms with Gasteiger partial charge in [-0.3, -0.25) is 19.4 Å². The van der Waals surface area contributed by atoms with Crippen LogP contribution in [-0.4, -0.2) is 49.5 Å². The normalized spacial score (nSPS) is 15.9. The van der Waals surface area contributed by atoms with Crippen LogP contribution < -0.4 is 26.0 Å². The number of ether oxygens (including phenoxy) is 1. The van der Waals surface area contributed by atoms with Crippen molar-refractivity contribution in [2.75, 3.05) is 15.5 Å². The maximum atomic E-state index is 13.6. The summed E-state index contributed by atoms with van der Waals surface area (Å²) >= 11 is 0. The number of carbonyl (C=O) groups excluding carboxylic acids is 2. The van der Waals surface area contributed by atoms with Crippen molar-refractivity contribution in [1.29, 1.82) is 0 Å². The molecule has 2 amide bonds. The summed E-state index contributed by atoms with van der Waals surface area (Å²) < 4.78 is 19.5. The van der Waals surface area contributed by atoms with Crippen molar-refractivity contribution in [3.63, 3.8) is 0 Å². The number of aliphatic hydroxyl groups excluding tert-OH is 2. The van der Waals surface area contributed by atoms with E-state index >= 15 is 0 Å². The number of rotatable bonds is 9. The first-order chi connectivity index (χ1) is 21.6. The molecule has 1 aliphatic rings. The molecule has 6 N–H and O–H groups in total. The molecular weight excluding hydrogens is 581 g/mol. The number of nitrogens with one attached hydrogen (secondary N) is 2. The first kappa shape index (κ1) is 30.4. The maximum absolute atomic E-state index is 13.6. The maximum Gasteiger partial charge on any atom is 0.250 e. The summed E-state index contributed by atoms with van der Waals surface area (Å²) in [4.78, 5) is 34.5. The van der Waals surface area contributed by atoms with Gasteiger partial charge in [0, 0.05) is 48.0 Å². The highest BCUT2D eigenvalue weighted by Crippen LogP contribution is 2.33. The third kappa shape index (κ3) is 6.98. The van der Waals surface area contributed by atoms with E-state index in [0.29, 0.717) is 22.7 Å². The molecule has 12 nitrogen and oxygen atoms in total. The second kappa shape index (κ2) is 13.1. The summed E-state index contributed by atoms with van der Waals surface area (Å²) in [5.41, 5.74) is 10.4. The minimum atomic E-state index is -1.60. The molecule has 2 heterocycles. The quantitative estimate of drug-likeness (QED) is 0.175. The molecule has 0 saturated carbocycles. The largest absolute Gasteiger partial charge is 0.439 e. The number of nitrogens with zero attached hydrogens (tertiary/aromatic N) is 4. The minimum Gasteiger partial charge on any atom is -0.439 e. The molecule has 4 aromatic rings. The number of benzene rings is 3. The third-order valence-electron chi connectivity index (χ3n) is 6.57. The minimum absolute atomic E-state index is 0.190. The first-order valence-corrected chi connectivity index (χ1v) is 13.5. The van der Waals surface area contributed by atoms with E-state index in [9.17, 15) is 24.2 Å². The van der Waals surface area contributed by atoms with Gasteiger partial charge in [-0.15, -0.1) is 5.73 Å². The lowest BCUT2D eigenvalue weighted by molar-refractivity contribution is -0.116. The molecule has 0 fully saturated rings. The van der Waals surface area contributed by atoms with Crippen molar-refractivity contribution in [2.24, 2.45) is 5.73 Å². The summed E-state index contributed by atoms with van der Waals surface area (Å²) in [6, 6.07) is 20.3. The Kier molecular flexibility index (Phi) is 8.86. The zero-order chi connectivity index (χ0) is 32.1. The molecule has 1 aliphatic heterocycles. The fourth-order valence-electron chi connectivity index (χ4n) is 4.56. The van der Waals surface area contributed by atoms with Crippen LogP contribution in [0.3, 0.4) is 0 Å². The third-order valence-corrected chi connectivity index (χ3v) is 6.57. The van der Waals surface area contributed by atoms with Crippen LogP contribution in [0.5, 0.6) is 11.6 Å². The summed E-state index contributed by atoms with van der Waals surface area (Å²) in [6.45, 7) is 5.16. The van der Waals surface area contributed by atoms with Crippen molar-refractivity contribution in [2.45, 2.75) is 19.5 Å². The van der Waals surface area contributed by atoms with Gasteiger partial charge in [0.05, 0.1) is 11.3 Å². The number of aromatic nitrogens is 2. The van der Waals surface area contributed by atoms with Crippen molar-refractivity contribution >= 4 is 40.5 Å². The molecular formula is C32H28FN7O5. The molecule has 5 rings (SSSR count). The number of amides is 2. The molecule has 1 aromatic heterocycles. The van der Waals surface area contributed by atoms with Gasteiger partial charge in [0.1, 0.15) is 11.6 Å². The number of primary amides is 1. The van der Waals surface area contributed by atoms with Gasteiger partial charge in [0.2, 0.25) is 24.1 Å². The van der Waals surface area contributed by atoms with E-state index in [1.54, 1.807) is 54.6 Å². The van der Waals surface area contributed by atoms with E-state index in [4.69, 9.17) is 10.5 Å². The Labute approximate surface area is 257 Å². The Morgan fingerprint density at radius 2 is 1.76 bits per heavy atom. The van der Waals surface area contributed by atoms with E-state index < -0.39 is 24.3 Å². The summed E-state index contributed by atoms with van der Waals surface area (Å²) in [5, 5.41) is 27.9. The van der Waals surface area contributed by atoms with Gasteiger partial charge >= 0.3 is 0 Å². The molecule has 0 radical (unpaired) electrons. The molecule has 3 aromatic carbocycles. The van der Waals surface area contributed by atoms with Gasteiger partial charge in [-0.2, -0.15) is 4.98 Å². The number of hydrogen-bond donors (Lipinski definition) is 5. The molecule has 13 heteroatoms. The molecule has 45 heavy (non-hydrogen) atoms. The predicted molar refractivity (Wildman–Crippen MR) is 165 cm³/mol. The lowest BCUT2D eigenvalue weighted by Crippen LogP contribution is -2.56. The summed E-state index contributed by atoms with van der Waals surface area (Å²) in [7, 11) is 0. The van der Waals surface area contributed by atoms with Crippen LogP contribution in [0.4, 0.5) is 27.4 Å². The lowest BCUT2D eigenvalue weighted by Gasteiger charge is -2.44. The van der Waals surface area contributed by atoms with Crippen LogP contribution in [0.25, 0.3) is 5.70 Å². The Morgan fingerprint density at radius 3 is 2.42 bits per heavy atom. The lowest BCUT2D eigenvalue weighted by atomic mass is 10.1. The Hall–Kier alpha value is -6.01. The van der Waals surface area contributed by atoms with Gasteiger partial charge in [0.25, 0.3) is 5.91 Å². The predicted octanol–water partition coefficient (Wildman–Crippen LogP) is 4.02. The number of aliphatic hydroxyl groups is 2. The highest BCUT2D eigenvalue weighted by Gasteiger charge is 2.38. The van der Waals surface area contributed by atoms with Crippen molar-refractivity contribution in [3.05, 3.63) is 121 Å². The second-order valence-corrected chi connectivity index (χ2v) is 9.72. The fourth-order valence-corrected chi connectivity index (χ4v) is 4.56. The zero-order valence-corrected chi connectivity index (χ0v) is 23.9. The fraction of sp³-hybridized carbons (Fsp3) is 0.0938. The van der Waals surface area contributed by atoms with Crippen LogP contribution in [-0.2, 0) is 9.59 Å². The average molecular weight is 610 g/mol. The number of carbonyl (C=O) groups is 2. The monoisotopic (exact) mass is 609 g/mol. The van der Waals surface area contributed by atoms with Crippen LogP contribution >= 0.6 is 0 Å². The smallest absolute Gasteiger partial charge is 0.250 e. The van der Waals surface area contributed by atoms with E-state index in [2.05, 4.69) is 32.9 Å². The van der Waals surface area contributed by atoms with Gasteiger partial charge < -0.3 is 31.3 Å². The van der Waals surface area contributed by atoms with Gasteiger partial charge in [-0.05, 0) is 66.7 Å². The molecule has 228 valence electrons. The number of anilines is 4. The SMILES string of the molecule is C=C=C(c1ccc(Oc2ccnc(Nc3cccc(NC(C)=O)c3)n2)cc1)N1C=C(C(N)=O)C(O)N(c2ccc(F)cc2)C1O. The van der Waals surface area contributed by atoms with Gasteiger partial charge in [-0.25, -0.2) is 9.37 Å². The first-order valence-electron chi connectivity index (χ1n) is 13.5. The zero-order valence-electron chi connectivity index (χ0n) is 23.9. The average Bonchev–Trinajstić information content (AvgIpc) is 3.00. The van der Waals surface area contributed by atoms with Crippen LogP contribution in [0.15, 0.2) is 109 Å². The molecule has 0 saturated heterocycles. The van der Waals surface area contributed by atoms with E-state index in [-0.39, 0.29) is 34.7 Å². The Bertz CT molecular complexity index is 1810.